The van der Waals surface area contributed by atoms with E-state index in [-0.39, 0.29) is 83.9 Å². The van der Waals surface area contributed by atoms with Crippen LogP contribution in [0.3, 0.4) is 0 Å². The number of rotatable bonds is 28. The number of carbonyl (C=O) groups excluding carboxylic acids is 8. The van der Waals surface area contributed by atoms with Crippen LogP contribution in [0.15, 0.2) is 61.7 Å². The van der Waals surface area contributed by atoms with Gasteiger partial charge in [-0.2, -0.15) is 0 Å². The van der Waals surface area contributed by atoms with Gasteiger partial charge in [0.25, 0.3) is 0 Å². The zero-order chi connectivity index (χ0) is 53.2. The maximum absolute atomic E-state index is 13.4. The summed E-state index contributed by atoms with van der Waals surface area (Å²) in [4.78, 5) is 101. The van der Waals surface area contributed by atoms with E-state index in [9.17, 15) is 38.4 Å². The Morgan fingerprint density at radius 2 is 0.743 bits per heavy atom. The molecule has 0 spiro atoms. The Labute approximate surface area is 433 Å². The van der Waals surface area contributed by atoms with Crippen LogP contribution in [-0.2, 0) is 57.2 Å². The van der Waals surface area contributed by atoms with E-state index in [0.29, 0.717) is 77.8 Å². The zero-order valence-corrected chi connectivity index (χ0v) is 42.8. The van der Waals surface area contributed by atoms with Crippen molar-refractivity contribution in [2.24, 2.45) is 23.7 Å². The SMILES string of the molecule is C=CC(=O)OCCCCCCOC1CCC(C(=O)Oc2ccc(OC(=O)C3CCC(C(=O)Oc4ccc(OC(=O)C5CCC(OCCCCCCOC(=O)C=C)CC5)cc4C(=O)OC)CC3)c(C(=O)OC)c2)CC1. The molecule has 74 heavy (non-hydrogen) atoms. The van der Waals surface area contributed by atoms with Gasteiger partial charge in [-0.05, 0) is 152 Å². The highest BCUT2D eigenvalue weighted by Crippen LogP contribution is 2.36. The molecule has 18 nitrogen and oxygen atoms in total. The molecule has 0 unspecified atom stereocenters. The molecule has 0 atom stereocenters. The summed E-state index contributed by atoms with van der Waals surface area (Å²) in [6.45, 7) is 8.72. The number of unbranched alkanes of at least 4 members (excludes halogenated alkanes) is 6. The summed E-state index contributed by atoms with van der Waals surface area (Å²) in [5.41, 5.74) is -0.201. The summed E-state index contributed by atoms with van der Waals surface area (Å²) in [7, 11) is 2.36. The maximum Gasteiger partial charge on any atom is 0.341 e. The van der Waals surface area contributed by atoms with E-state index in [2.05, 4.69) is 13.2 Å². The van der Waals surface area contributed by atoms with Crippen molar-refractivity contribution in [3.8, 4) is 23.0 Å². The van der Waals surface area contributed by atoms with Gasteiger partial charge in [-0.25, -0.2) is 19.2 Å². The van der Waals surface area contributed by atoms with Crippen LogP contribution in [-0.4, -0.2) is 101 Å². The van der Waals surface area contributed by atoms with Crippen molar-refractivity contribution in [1.29, 1.82) is 0 Å². The second kappa shape index (κ2) is 31.4. The van der Waals surface area contributed by atoms with Gasteiger partial charge in [0.2, 0.25) is 0 Å². The zero-order valence-electron chi connectivity index (χ0n) is 42.8. The van der Waals surface area contributed by atoms with Crippen LogP contribution in [0.1, 0.15) is 149 Å². The first-order valence-electron chi connectivity index (χ1n) is 25.9. The van der Waals surface area contributed by atoms with Crippen molar-refractivity contribution in [2.45, 2.75) is 141 Å². The number of ether oxygens (including phenoxy) is 10. The minimum absolute atomic E-state index is 0.0509. The Balaban J connectivity index is 1.02. The van der Waals surface area contributed by atoms with E-state index in [1.165, 1.54) is 50.6 Å². The van der Waals surface area contributed by atoms with Gasteiger partial charge in [0, 0.05) is 25.4 Å². The summed E-state index contributed by atoms with van der Waals surface area (Å²) in [5.74, 6) is -6.36. The van der Waals surface area contributed by atoms with Gasteiger partial charge >= 0.3 is 47.8 Å². The summed E-state index contributed by atoms with van der Waals surface area (Å²) in [5, 5.41) is 0. The van der Waals surface area contributed by atoms with Gasteiger partial charge in [0.05, 0.1) is 63.3 Å². The fourth-order valence-corrected chi connectivity index (χ4v) is 9.22. The van der Waals surface area contributed by atoms with Gasteiger partial charge in [0.1, 0.15) is 34.1 Å². The summed E-state index contributed by atoms with van der Waals surface area (Å²) >= 11 is 0. The summed E-state index contributed by atoms with van der Waals surface area (Å²) in [6, 6.07) is 8.26. The molecule has 0 saturated heterocycles. The van der Waals surface area contributed by atoms with E-state index in [4.69, 9.17) is 47.4 Å². The number of hydrogen-bond donors (Lipinski definition) is 0. The lowest BCUT2D eigenvalue weighted by atomic mass is 9.82. The van der Waals surface area contributed by atoms with Crippen molar-refractivity contribution in [3.05, 3.63) is 72.8 Å². The van der Waals surface area contributed by atoms with Crippen LogP contribution in [0, 0.1) is 23.7 Å². The van der Waals surface area contributed by atoms with Gasteiger partial charge in [-0.3, -0.25) is 19.2 Å². The highest BCUT2D eigenvalue weighted by Gasteiger charge is 2.35. The van der Waals surface area contributed by atoms with E-state index >= 15 is 0 Å². The Hall–Kier alpha value is -6.40. The number of hydrogen-bond acceptors (Lipinski definition) is 18. The molecule has 0 radical (unpaired) electrons. The lowest BCUT2D eigenvalue weighted by Gasteiger charge is -2.27. The van der Waals surface area contributed by atoms with E-state index < -0.39 is 59.6 Å². The van der Waals surface area contributed by atoms with Crippen LogP contribution < -0.4 is 18.9 Å². The Bertz CT molecular complexity index is 2070. The lowest BCUT2D eigenvalue weighted by Crippen LogP contribution is -2.31. The molecular formula is C56H72O18. The minimum Gasteiger partial charge on any atom is -0.465 e. The molecule has 0 amide bonds. The normalized spacial score (nSPS) is 20.4. The average Bonchev–Trinajstić information content (AvgIpc) is 3.42. The van der Waals surface area contributed by atoms with Gasteiger partial charge in [-0.1, -0.05) is 26.0 Å². The third kappa shape index (κ3) is 19.1. The first kappa shape index (κ1) is 58.5. The minimum atomic E-state index is -0.796. The average molecular weight is 1030 g/mol. The Morgan fingerprint density at radius 3 is 1.07 bits per heavy atom. The van der Waals surface area contributed by atoms with Crippen LogP contribution in [0.2, 0.25) is 0 Å². The van der Waals surface area contributed by atoms with Crippen LogP contribution in [0.25, 0.3) is 0 Å². The molecule has 2 aromatic rings. The fourth-order valence-electron chi connectivity index (χ4n) is 9.22. The molecule has 3 fully saturated rings. The summed E-state index contributed by atoms with van der Waals surface area (Å²) < 4.78 is 54.7. The lowest BCUT2D eigenvalue weighted by molar-refractivity contribution is -0.145. The summed E-state index contributed by atoms with van der Waals surface area (Å²) in [6.07, 6.45) is 15.7. The smallest absolute Gasteiger partial charge is 0.341 e. The van der Waals surface area contributed by atoms with Crippen molar-refractivity contribution >= 4 is 47.8 Å². The number of benzene rings is 2. The predicted molar refractivity (Wildman–Crippen MR) is 266 cm³/mol. The van der Waals surface area contributed by atoms with Crippen LogP contribution >= 0.6 is 0 Å². The van der Waals surface area contributed by atoms with E-state index in [0.717, 1.165) is 63.5 Å². The molecule has 0 aliphatic heterocycles. The second-order valence-corrected chi connectivity index (χ2v) is 18.8. The van der Waals surface area contributed by atoms with Crippen molar-refractivity contribution in [2.75, 3.05) is 40.6 Å². The molecule has 0 aromatic heterocycles. The van der Waals surface area contributed by atoms with Crippen LogP contribution in [0.5, 0.6) is 23.0 Å². The van der Waals surface area contributed by atoms with Gasteiger partial charge in [-0.15, -0.1) is 0 Å². The standard InChI is InChI=1S/C56H72O18/c1-5-49(57)69-33-13-9-7-11-31-67-41-23-19-39(20-24-41)51(59)71-43-27-29-47(45(35-43)55(63)65-3)73-53(61)37-15-17-38(18-16-37)54(62)74-48-30-28-44(36-46(48)56(64)66-4)72-52(60)40-21-25-42(26-22-40)68-32-12-8-10-14-34-70-50(58)6-2/h5-6,27-30,35-42H,1-2,7-26,31-34H2,3-4H3. The third-order valence-corrected chi connectivity index (χ3v) is 13.6. The largest absolute Gasteiger partial charge is 0.465 e. The quantitative estimate of drug-likeness (QED) is 0.0254. The second-order valence-electron chi connectivity index (χ2n) is 18.8. The monoisotopic (exact) mass is 1030 g/mol. The predicted octanol–water partition coefficient (Wildman–Crippen LogP) is 9.12. The van der Waals surface area contributed by atoms with Crippen molar-refractivity contribution < 1.29 is 85.7 Å². The molecule has 0 N–H and O–H groups in total. The number of carbonyl (C=O) groups is 8. The third-order valence-electron chi connectivity index (χ3n) is 13.6. The van der Waals surface area contributed by atoms with Gasteiger partial charge in [0.15, 0.2) is 0 Å². The fraction of sp³-hybridized carbons (Fsp3) is 0.571. The maximum atomic E-state index is 13.4. The molecule has 3 saturated carbocycles. The molecular weight excluding hydrogens is 961 g/mol. The van der Waals surface area contributed by atoms with E-state index in [1.54, 1.807) is 0 Å². The molecule has 3 aliphatic rings. The molecule has 0 heterocycles. The first-order valence-corrected chi connectivity index (χ1v) is 25.9. The van der Waals surface area contributed by atoms with Crippen molar-refractivity contribution in [3.63, 3.8) is 0 Å². The molecule has 18 heteroatoms. The van der Waals surface area contributed by atoms with E-state index in [1.807, 2.05) is 0 Å². The first-order chi connectivity index (χ1) is 35.8. The molecule has 404 valence electrons. The highest BCUT2D eigenvalue weighted by molar-refractivity contribution is 5.95. The van der Waals surface area contributed by atoms with Gasteiger partial charge < -0.3 is 47.4 Å². The topological polar surface area (TPSA) is 229 Å². The molecule has 5 rings (SSSR count). The Kier molecular flexibility index (Phi) is 24.8. The van der Waals surface area contributed by atoms with Crippen molar-refractivity contribution in [1.82, 2.24) is 0 Å². The molecule has 0 bridgehead atoms. The molecule has 2 aromatic carbocycles. The number of methoxy groups -OCH3 is 2. The highest BCUT2D eigenvalue weighted by atomic mass is 16.6. The molecule has 3 aliphatic carbocycles. The van der Waals surface area contributed by atoms with Crippen LogP contribution in [0.4, 0.5) is 0 Å². The number of esters is 8. The Morgan fingerprint density at radius 1 is 0.432 bits per heavy atom.